The van der Waals surface area contributed by atoms with E-state index in [1.165, 1.54) is 7.11 Å². The summed E-state index contributed by atoms with van der Waals surface area (Å²) in [6, 6.07) is 9.90. The third-order valence-electron chi connectivity index (χ3n) is 5.64. The van der Waals surface area contributed by atoms with Crippen molar-refractivity contribution >= 4 is 18.1 Å². The summed E-state index contributed by atoms with van der Waals surface area (Å²) < 4.78 is 12.6. The van der Waals surface area contributed by atoms with E-state index in [1.807, 2.05) is 61.9 Å². The fraction of sp³-hybridized carbons (Fsp3) is 0.435. The number of fused-ring (bicyclic) bond motifs is 2. The Morgan fingerprint density at radius 1 is 1.17 bits per heavy atom. The first-order valence-corrected chi connectivity index (χ1v) is 10.1. The van der Waals surface area contributed by atoms with Crippen molar-refractivity contribution in [2.24, 2.45) is 5.41 Å². The summed E-state index contributed by atoms with van der Waals surface area (Å²) >= 11 is 0. The van der Waals surface area contributed by atoms with Gasteiger partial charge in [0.25, 0.3) is 0 Å². The fourth-order valence-electron chi connectivity index (χ4n) is 4.27. The van der Waals surface area contributed by atoms with Crippen molar-refractivity contribution in [3.05, 3.63) is 53.4 Å². The van der Waals surface area contributed by atoms with Gasteiger partial charge < -0.3 is 14.4 Å². The number of likely N-dealkylation sites (tertiary alicyclic amines) is 1. The first kappa shape index (κ1) is 20.2. The number of esters is 1. The predicted molar refractivity (Wildman–Crippen MR) is 112 cm³/mol. The largest absolute Gasteiger partial charge is 0.468 e. The lowest BCUT2D eigenvalue weighted by Crippen LogP contribution is -2.54. The summed E-state index contributed by atoms with van der Waals surface area (Å²) in [5.74, 6) is -0.333. The summed E-state index contributed by atoms with van der Waals surface area (Å²) in [6.45, 7) is 6.23. The lowest BCUT2D eigenvalue weighted by atomic mass is 9.68. The van der Waals surface area contributed by atoms with Gasteiger partial charge in [-0.05, 0) is 63.0 Å². The number of para-hydroxylation sites is 1. The molecule has 1 aromatic carbocycles. The number of benzene rings is 1. The normalized spacial score (nSPS) is 20.7. The van der Waals surface area contributed by atoms with Crippen molar-refractivity contribution in [3.63, 3.8) is 0 Å². The molecule has 1 amide bonds. The van der Waals surface area contributed by atoms with Gasteiger partial charge in [0.2, 0.25) is 0 Å². The molecular formula is C23H27N3O4. The molecule has 1 atom stereocenters. The predicted octanol–water partition coefficient (Wildman–Crippen LogP) is 3.61. The van der Waals surface area contributed by atoms with E-state index < -0.39 is 17.1 Å². The molecule has 2 aliphatic rings. The van der Waals surface area contributed by atoms with Crippen molar-refractivity contribution in [2.45, 2.75) is 39.2 Å². The quantitative estimate of drug-likeness (QED) is 0.709. The molecule has 1 unspecified atom stereocenters. The van der Waals surface area contributed by atoms with E-state index in [9.17, 15) is 9.59 Å². The molecule has 0 radical (unpaired) electrons. The second-order valence-corrected chi connectivity index (χ2v) is 8.87. The maximum atomic E-state index is 13.0. The van der Waals surface area contributed by atoms with Crippen LogP contribution in [0.2, 0.25) is 0 Å². The first-order valence-electron chi connectivity index (χ1n) is 10.1. The third kappa shape index (κ3) is 3.49. The van der Waals surface area contributed by atoms with Crippen LogP contribution in [0.3, 0.4) is 0 Å². The van der Waals surface area contributed by atoms with Crippen molar-refractivity contribution in [1.82, 2.24) is 14.7 Å². The summed E-state index contributed by atoms with van der Waals surface area (Å²) in [4.78, 5) is 27.3. The summed E-state index contributed by atoms with van der Waals surface area (Å²) in [5, 5.41) is 4.56. The van der Waals surface area contributed by atoms with Crippen LogP contribution in [0.4, 0.5) is 4.79 Å². The van der Waals surface area contributed by atoms with Crippen molar-refractivity contribution in [3.8, 4) is 5.69 Å². The summed E-state index contributed by atoms with van der Waals surface area (Å²) in [7, 11) is 1.39. The Morgan fingerprint density at radius 2 is 1.90 bits per heavy atom. The van der Waals surface area contributed by atoms with Crippen LogP contribution in [0.15, 0.2) is 42.1 Å². The number of carbonyl (C=O) groups excluding carboxylic acids is 2. The Balaban J connectivity index is 1.70. The standard InChI is InChI=1S/C23H27N3O4/c1-22(2,3)30-21(28)25-11-10-17-12-19-16(13-23(17,15-25)20(27)29-4)14-24-26(19)18-8-6-5-7-9-18/h5-9,12,14H,10-11,13,15H2,1-4H3. The zero-order valence-electron chi connectivity index (χ0n) is 17.8. The number of hydrogen-bond acceptors (Lipinski definition) is 5. The van der Waals surface area contributed by atoms with E-state index in [0.29, 0.717) is 19.4 Å². The smallest absolute Gasteiger partial charge is 0.410 e. The Morgan fingerprint density at radius 3 is 2.57 bits per heavy atom. The van der Waals surface area contributed by atoms with Crippen LogP contribution in [0.25, 0.3) is 11.8 Å². The number of rotatable bonds is 2. The minimum absolute atomic E-state index is 0.233. The highest BCUT2D eigenvalue weighted by atomic mass is 16.6. The molecule has 7 nitrogen and oxygen atoms in total. The Labute approximate surface area is 176 Å². The third-order valence-corrected chi connectivity index (χ3v) is 5.64. The maximum absolute atomic E-state index is 13.0. The van der Waals surface area contributed by atoms with Gasteiger partial charge in [-0.2, -0.15) is 5.10 Å². The zero-order valence-corrected chi connectivity index (χ0v) is 17.8. The SMILES string of the molecule is COC(=O)C12Cc3cnn(-c4ccccc4)c3C=C1CCN(C(=O)OC(C)(C)C)C2. The number of hydrogen-bond donors (Lipinski definition) is 0. The van der Waals surface area contributed by atoms with Crippen molar-refractivity contribution in [2.75, 3.05) is 20.2 Å². The summed E-state index contributed by atoms with van der Waals surface area (Å²) in [6.07, 6.45) is 4.45. The average Bonchev–Trinajstić information content (AvgIpc) is 3.12. The molecule has 1 aromatic heterocycles. The van der Waals surface area contributed by atoms with Crippen LogP contribution in [-0.4, -0.2) is 52.5 Å². The molecule has 30 heavy (non-hydrogen) atoms. The van der Waals surface area contributed by atoms with E-state index in [1.54, 1.807) is 11.1 Å². The number of carbonyl (C=O) groups is 2. The lowest BCUT2D eigenvalue weighted by molar-refractivity contribution is -0.152. The topological polar surface area (TPSA) is 73.7 Å². The van der Waals surface area contributed by atoms with Gasteiger partial charge in [-0.25, -0.2) is 9.48 Å². The molecule has 7 heteroatoms. The molecular weight excluding hydrogens is 382 g/mol. The highest BCUT2D eigenvalue weighted by Gasteiger charge is 2.51. The van der Waals surface area contributed by atoms with E-state index in [0.717, 1.165) is 22.5 Å². The molecule has 1 aliphatic heterocycles. The van der Waals surface area contributed by atoms with Gasteiger partial charge in [0.15, 0.2) is 0 Å². The van der Waals surface area contributed by atoms with Gasteiger partial charge in [-0.15, -0.1) is 0 Å². The second kappa shape index (κ2) is 7.31. The molecule has 2 heterocycles. The molecule has 4 rings (SSSR count). The molecule has 0 saturated carbocycles. The number of amides is 1. The monoisotopic (exact) mass is 409 g/mol. The molecule has 1 saturated heterocycles. The van der Waals surface area contributed by atoms with Gasteiger partial charge in [-0.1, -0.05) is 18.2 Å². The Hall–Kier alpha value is -3.09. The molecule has 1 aliphatic carbocycles. The van der Waals surface area contributed by atoms with Gasteiger partial charge >= 0.3 is 12.1 Å². The lowest BCUT2D eigenvalue weighted by Gasteiger charge is -2.44. The van der Waals surface area contributed by atoms with E-state index >= 15 is 0 Å². The molecule has 158 valence electrons. The van der Waals surface area contributed by atoms with E-state index in [-0.39, 0.29) is 12.5 Å². The summed E-state index contributed by atoms with van der Waals surface area (Å²) in [5.41, 5.74) is 2.36. The molecule has 0 bridgehead atoms. The fourth-order valence-corrected chi connectivity index (χ4v) is 4.27. The molecule has 1 fully saturated rings. The number of methoxy groups -OCH3 is 1. The molecule has 0 spiro atoms. The van der Waals surface area contributed by atoms with Gasteiger partial charge in [0.05, 0.1) is 24.7 Å². The average molecular weight is 409 g/mol. The highest BCUT2D eigenvalue weighted by molar-refractivity contribution is 5.86. The van der Waals surface area contributed by atoms with E-state index in [2.05, 4.69) is 5.10 Å². The minimum atomic E-state index is -0.915. The number of ether oxygens (including phenoxy) is 2. The first-order chi connectivity index (χ1) is 14.2. The number of nitrogens with zero attached hydrogens (tertiary/aromatic N) is 3. The minimum Gasteiger partial charge on any atom is -0.468 e. The van der Waals surface area contributed by atoms with Crippen LogP contribution in [0, 0.1) is 5.41 Å². The Bertz CT molecular complexity index is 1000. The Kier molecular flexibility index (Phi) is 4.92. The number of piperidine rings is 1. The van der Waals surface area contributed by atoms with Crippen LogP contribution in [0.5, 0.6) is 0 Å². The molecule has 0 N–H and O–H groups in total. The van der Waals surface area contributed by atoms with Gasteiger partial charge in [0, 0.05) is 13.1 Å². The van der Waals surface area contributed by atoms with Gasteiger partial charge in [-0.3, -0.25) is 4.79 Å². The van der Waals surface area contributed by atoms with Gasteiger partial charge in [0.1, 0.15) is 11.0 Å². The van der Waals surface area contributed by atoms with Crippen LogP contribution in [0.1, 0.15) is 38.4 Å². The van der Waals surface area contributed by atoms with Crippen LogP contribution in [-0.2, 0) is 20.7 Å². The maximum Gasteiger partial charge on any atom is 0.410 e. The number of aromatic nitrogens is 2. The highest BCUT2D eigenvalue weighted by Crippen LogP contribution is 2.45. The van der Waals surface area contributed by atoms with Crippen molar-refractivity contribution in [1.29, 1.82) is 0 Å². The van der Waals surface area contributed by atoms with Crippen LogP contribution < -0.4 is 0 Å². The zero-order chi connectivity index (χ0) is 21.5. The van der Waals surface area contributed by atoms with Crippen molar-refractivity contribution < 1.29 is 19.1 Å². The van der Waals surface area contributed by atoms with Crippen LogP contribution >= 0.6 is 0 Å². The molecule has 2 aromatic rings. The van der Waals surface area contributed by atoms with E-state index in [4.69, 9.17) is 9.47 Å². The second-order valence-electron chi connectivity index (χ2n) is 8.87.